The molecule has 2 aromatic carbocycles. The van der Waals surface area contributed by atoms with Crippen LogP contribution in [0.25, 0.3) is 10.6 Å². The molecule has 4 rings (SSSR count). The molecule has 0 saturated carbocycles. The minimum atomic E-state index is -3.64. The topological polar surface area (TPSA) is 82.6 Å². The molecular formula is C21H21FN4O3S2. The summed E-state index contributed by atoms with van der Waals surface area (Å²) in [5.74, 6) is -0.847. The molecule has 0 atom stereocenters. The van der Waals surface area contributed by atoms with Gasteiger partial charge in [0.25, 0.3) is 5.91 Å². The Kier molecular flexibility index (Phi) is 6.15. The predicted octanol–water partition coefficient (Wildman–Crippen LogP) is 3.14. The second-order valence-corrected chi connectivity index (χ2v) is 10.2. The van der Waals surface area contributed by atoms with Gasteiger partial charge in [0, 0.05) is 37.4 Å². The van der Waals surface area contributed by atoms with Crippen molar-refractivity contribution in [3.8, 4) is 10.6 Å². The van der Waals surface area contributed by atoms with Crippen LogP contribution in [0, 0.1) is 5.82 Å². The highest BCUT2D eigenvalue weighted by Gasteiger charge is 2.27. The minimum absolute atomic E-state index is 0.131. The van der Waals surface area contributed by atoms with Crippen LogP contribution in [0.4, 0.5) is 10.1 Å². The number of carbonyl (C=O) groups excluding carboxylic acids is 1. The van der Waals surface area contributed by atoms with Crippen molar-refractivity contribution in [2.24, 2.45) is 0 Å². The summed E-state index contributed by atoms with van der Waals surface area (Å²) in [6.45, 7) is 2.20. The van der Waals surface area contributed by atoms with E-state index in [0.717, 1.165) is 11.3 Å². The van der Waals surface area contributed by atoms with Crippen LogP contribution in [0.3, 0.4) is 0 Å². The van der Waals surface area contributed by atoms with E-state index in [1.165, 1.54) is 28.7 Å². The normalized spacial score (nSPS) is 15.7. The fourth-order valence-corrected chi connectivity index (χ4v) is 5.55. The third kappa shape index (κ3) is 4.67. The lowest BCUT2D eigenvalue weighted by Gasteiger charge is -2.31. The molecule has 1 fully saturated rings. The summed E-state index contributed by atoms with van der Waals surface area (Å²) in [6.07, 6.45) is 1.38. The predicted molar refractivity (Wildman–Crippen MR) is 118 cm³/mol. The van der Waals surface area contributed by atoms with Crippen molar-refractivity contribution >= 4 is 33.0 Å². The van der Waals surface area contributed by atoms with Gasteiger partial charge in [-0.15, -0.1) is 11.3 Å². The van der Waals surface area contributed by atoms with Crippen molar-refractivity contribution in [3.05, 3.63) is 65.4 Å². The fourth-order valence-electron chi connectivity index (χ4n) is 3.24. The van der Waals surface area contributed by atoms with Gasteiger partial charge in [-0.05, 0) is 37.4 Å². The second-order valence-electron chi connectivity index (χ2n) is 7.20. The van der Waals surface area contributed by atoms with Crippen LogP contribution in [0.5, 0.6) is 0 Å². The summed E-state index contributed by atoms with van der Waals surface area (Å²) in [4.78, 5) is 19.3. The summed E-state index contributed by atoms with van der Waals surface area (Å²) >= 11 is 1.07. The van der Waals surface area contributed by atoms with Crippen LogP contribution in [0.15, 0.2) is 59.6 Å². The molecule has 31 heavy (non-hydrogen) atoms. The molecule has 0 aliphatic carbocycles. The first-order valence-corrected chi connectivity index (χ1v) is 11.9. The van der Waals surface area contributed by atoms with Gasteiger partial charge in [0.15, 0.2) is 0 Å². The average molecular weight is 461 g/mol. The van der Waals surface area contributed by atoms with Gasteiger partial charge < -0.3 is 10.2 Å². The Balaban J connectivity index is 1.50. The Labute approximate surface area is 184 Å². The van der Waals surface area contributed by atoms with E-state index >= 15 is 0 Å². The number of anilines is 1. The number of carbonyl (C=O) groups is 1. The van der Waals surface area contributed by atoms with Gasteiger partial charge in [0.1, 0.15) is 15.7 Å². The smallest absolute Gasteiger partial charge is 0.267 e. The molecule has 162 valence electrons. The molecule has 0 radical (unpaired) electrons. The van der Waals surface area contributed by atoms with Crippen molar-refractivity contribution in [1.82, 2.24) is 14.2 Å². The number of likely N-dealkylation sites (N-methyl/N-ethyl adjacent to an activating group) is 1. The summed E-state index contributed by atoms with van der Waals surface area (Å²) in [6, 6.07) is 12.4. The highest BCUT2D eigenvalue weighted by Crippen LogP contribution is 2.28. The quantitative estimate of drug-likeness (QED) is 0.633. The van der Waals surface area contributed by atoms with Gasteiger partial charge >= 0.3 is 0 Å². The number of aromatic nitrogens is 1. The first-order chi connectivity index (χ1) is 14.8. The molecule has 0 unspecified atom stereocenters. The highest BCUT2D eigenvalue weighted by molar-refractivity contribution is 7.89. The van der Waals surface area contributed by atoms with Gasteiger partial charge in [0.05, 0.1) is 11.1 Å². The number of nitrogens with zero attached hydrogens (tertiary/aromatic N) is 3. The largest absolute Gasteiger partial charge is 0.321 e. The number of halogens is 1. The first-order valence-electron chi connectivity index (χ1n) is 9.65. The van der Waals surface area contributed by atoms with Gasteiger partial charge in [-0.1, -0.05) is 18.2 Å². The maximum absolute atomic E-state index is 14.0. The lowest BCUT2D eigenvalue weighted by Crippen LogP contribution is -2.47. The molecule has 3 aromatic rings. The standard InChI is InChI=1S/C21H21FN4O3S2/c1-25-9-11-26(12-10-25)31(28,29)16-6-4-5-15(13-16)24-20(27)19-14-23-21(30-19)17-7-2-3-8-18(17)22/h2-8,13-14H,9-12H2,1H3,(H,24,27). The Morgan fingerprint density at radius 1 is 1.10 bits per heavy atom. The minimum Gasteiger partial charge on any atom is -0.321 e. The zero-order valence-electron chi connectivity index (χ0n) is 16.8. The van der Waals surface area contributed by atoms with E-state index in [1.807, 2.05) is 7.05 Å². The van der Waals surface area contributed by atoms with Crippen LogP contribution < -0.4 is 5.32 Å². The number of thiazole rings is 1. The van der Waals surface area contributed by atoms with Crippen molar-refractivity contribution in [1.29, 1.82) is 0 Å². The van der Waals surface area contributed by atoms with Crippen LogP contribution in [0.2, 0.25) is 0 Å². The average Bonchev–Trinajstić information content (AvgIpc) is 3.25. The van der Waals surface area contributed by atoms with Crippen molar-refractivity contribution < 1.29 is 17.6 Å². The molecule has 2 heterocycles. The second kappa shape index (κ2) is 8.83. The number of nitrogens with one attached hydrogen (secondary N) is 1. The van der Waals surface area contributed by atoms with E-state index in [-0.39, 0.29) is 4.90 Å². The van der Waals surface area contributed by atoms with Gasteiger partial charge in [-0.2, -0.15) is 4.31 Å². The van der Waals surface area contributed by atoms with Gasteiger partial charge in [0.2, 0.25) is 10.0 Å². The lowest BCUT2D eigenvalue weighted by molar-refractivity contribution is 0.103. The van der Waals surface area contributed by atoms with Crippen molar-refractivity contribution in [2.45, 2.75) is 4.90 Å². The van der Waals surface area contributed by atoms with Crippen LogP contribution in [-0.2, 0) is 10.0 Å². The Bertz CT molecular complexity index is 1200. The van der Waals surface area contributed by atoms with E-state index in [0.29, 0.717) is 47.3 Å². The molecule has 7 nitrogen and oxygen atoms in total. The number of amides is 1. The summed E-state index contributed by atoms with van der Waals surface area (Å²) in [5, 5.41) is 3.10. The SMILES string of the molecule is CN1CCN(S(=O)(=O)c2cccc(NC(=O)c3cnc(-c4ccccc4F)s3)c2)CC1. The number of hydrogen-bond acceptors (Lipinski definition) is 6. The van der Waals surface area contributed by atoms with Crippen molar-refractivity contribution in [2.75, 3.05) is 38.5 Å². The number of piperazine rings is 1. The van der Waals surface area contributed by atoms with E-state index < -0.39 is 21.7 Å². The Hall–Kier alpha value is -2.66. The molecule has 1 aliphatic heterocycles. The van der Waals surface area contributed by atoms with Gasteiger partial charge in [-0.3, -0.25) is 4.79 Å². The third-order valence-corrected chi connectivity index (χ3v) is 7.95. The zero-order chi connectivity index (χ0) is 22.0. The third-order valence-electron chi connectivity index (χ3n) is 5.03. The number of hydrogen-bond donors (Lipinski definition) is 1. The molecule has 1 N–H and O–H groups in total. The number of rotatable bonds is 5. The number of benzene rings is 2. The molecule has 1 aromatic heterocycles. The maximum atomic E-state index is 14.0. The molecule has 10 heteroatoms. The van der Waals surface area contributed by atoms with Crippen LogP contribution >= 0.6 is 11.3 Å². The molecule has 1 saturated heterocycles. The van der Waals surface area contributed by atoms with E-state index in [2.05, 4.69) is 15.2 Å². The molecule has 1 amide bonds. The highest BCUT2D eigenvalue weighted by atomic mass is 32.2. The molecule has 1 aliphatic rings. The van der Waals surface area contributed by atoms with Crippen molar-refractivity contribution in [3.63, 3.8) is 0 Å². The number of sulfonamides is 1. The fraction of sp³-hybridized carbons (Fsp3) is 0.238. The Morgan fingerprint density at radius 2 is 1.84 bits per heavy atom. The summed E-state index contributed by atoms with van der Waals surface area (Å²) < 4.78 is 41.3. The lowest BCUT2D eigenvalue weighted by atomic mass is 10.2. The van der Waals surface area contributed by atoms with Gasteiger partial charge in [-0.25, -0.2) is 17.8 Å². The maximum Gasteiger partial charge on any atom is 0.267 e. The monoisotopic (exact) mass is 460 g/mol. The first kappa shape index (κ1) is 21.6. The van der Waals surface area contributed by atoms with E-state index in [1.54, 1.807) is 30.3 Å². The summed E-state index contributed by atoms with van der Waals surface area (Å²) in [7, 11) is -1.69. The van der Waals surface area contributed by atoms with E-state index in [4.69, 9.17) is 0 Å². The molecule has 0 bridgehead atoms. The van der Waals surface area contributed by atoms with Crippen LogP contribution in [-0.4, -0.2) is 61.7 Å². The molecular weight excluding hydrogens is 439 g/mol. The van der Waals surface area contributed by atoms with E-state index in [9.17, 15) is 17.6 Å². The zero-order valence-corrected chi connectivity index (χ0v) is 18.4. The molecule has 0 spiro atoms. The Morgan fingerprint density at radius 3 is 2.58 bits per heavy atom. The van der Waals surface area contributed by atoms with Crippen LogP contribution in [0.1, 0.15) is 9.67 Å². The summed E-state index contributed by atoms with van der Waals surface area (Å²) in [5.41, 5.74) is 0.688.